The lowest BCUT2D eigenvalue weighted by Gasteiger charge is -2.20. The van der Waals surface area contributed by atoms with Crippen LogP contribution in [0.2, 0.25) is 0 Å². The van der Waals surface area contributed by atoms with E-state index in [-0.39, 0.29) is 6.04 Å². The van der Waals surface area contributed by atoms with E-state index in [1.54, 1.807) is 19.2 Å². The molecule has 25 heavy (non-hydrogen) atoms. The van der Waals surface area contributed by atoms with Crippen molar-refractivity contribution in [1.29, 1.82) is 0 Å². The summed E-state index contributed by atoms with van der Waals surface area (Å²) in [6.45, 7) is 5.87. The van der Waals surface area contributed by atoms with Crippen LogP contribution < -0.4 is 16.4 Å². The van der Waals surface area contributed by atoms with Crippen LogP contribution in [0.15, 0.2) is 27.4 Å². The summed E-state index contributed by atoms with van der Waals surface area (Å²) in [5, 5.41) is 5.30. The highest BCUT2D eigenvalue weighted by atomic mass is 16.4. The molecule has 8 nitrogen and oxygen atoms in total. The molecule has 2 heterocycles. The third-order valence-corrected chi connectivity index (χ3v) is 4.54. The number of anilines is 1. The number of benzene rings is 1. The Morgan fingerprint density at radius 3 is 2.72 bits per heavy atom. The summed E-state index contributed by atoms with van der Waals surface area (Å²) in [5.41, 5.74) is 1.37. The van der Waals surface area contributed by atoms with Gasteiger partial charge in [0.1, 0.15) is 0 Å². The standard InChI is InChI=1S/C17H22N4O4/c1-10(2)21-7-6-12(9-21)19-16(23)15(22)18-11-4-5-13-14(8-11)25-17(24)20(13)3/h4-5,8,10,12H,6-7,9H2,1-3H3,(H,18,22)(H,19,23). The molecule has 1 fully saturated rings. The van der Waals surface area contributed by atoms with Gasteiger partial charge in [0.15, 0.2) is 5.58 Å². The van der Waals surface area contributed by atoms with E-state index in [0.29, 0.717) is 22.8 Å². The number of amides is 2. The van der Waals surface area contributed by atoms with Crippen molar-refractivity contribution in [2.75, 3.05) is 18.4 Å². The number of hydrogen-bond donors (Lipinski definition) is 2. The van der Waals surface area contributed by atoms with E-state index in [2.05, 4.69) is 29.4 Å². The molecule has 0 saturated carbocycles. The zero-order chi connectivity index (χ0) is 18.1. The second-order valence-electron chi connectivity index (χ2n) is 6.61. The van der Waals surface area contributed by atoms with Crippen LogP contribution in [0.3, 0.4) is 0 Å². The molecule has 3 rings (SSSR count). The van der Waals surface area contributed by atoms with E-state index >= 15 is 0 Å². The van der Waals surface area contributed by atoms with Crippen molar-refractivity contribution in [3.05, 3.63) is 28.7 Å². The molecule has 1 atom stereocenters. The van der Waals surface area contributed by atoms with Gasteiger partial charge in [-0.1, -0.05) is 0 Å². The highest BCUT2D eigenvalue weighted by Crippen LogP contribution is 2.18. The van der Waals surface area contributed by atoms with Crippen molar-refractivity contribution in [3.8, 4) is 0 Å². The molecule has 0 bridgehead atoms. The third kappa shape index (κ3) is 3.58. The monoisotopic (exact) mass is 346 g/mol. The van der Waals surface area contributed by atoms with Crippen molar-refractivity contribution < 1.29 is 14.0 Å². The molecule has 1 aliphatic heterocycles. The average Bonchev–Trinajstić information content (AvgIpc) is 3.13. The van der Waals surface area contributed by atoms with Crippen molar-refractivity contribution in [3.63, 3.8) is 0 Å². The van der Waals surface area contributed by atoms with Crippen molar-refractivity contribution in [2.45, 2.75) is 32.4 Å². The predicted octanol–water partition coefficient (Wildman–Crippen LogP) is 0.669. The van der Waals surface area contributed by atoms with Gasteiger partial charge in [0, 0.05) is 44.0 Å². The Labute approximate surface area is 144 Å². The maximum atomic E-state index is 12.1. The molecular weight excluding hydrogens is 324 g/mol. The number of fused-ring (bicyclic) bond motifs is 1. The lowest BCUT2D eigenvalue weighted by atomic mass is 10.2. The fraction of sp³-hybridized carbons (Fsp3) is 0.471. The fourth-order valence-electron chi connectivity index (χ4n) is 3.02. The van der Waals surface area contributed by atoms with E-state index in [4.69, 9.17) is 4.42 Å². The predicted molar refractivity (Wildman–Crippen MR) is 93.3 cm³/mol. The molecule has 1 aromatic heterocycles. The van der Waals surface area contributed by atoms with E-state index in [1.807, 2.05) is 0 Å². The second kappa shape index (κ2) is 6.72. The van der Waals surface area contributed by atoms with Gasteiger partial charge in [-0.25, -0.2) is 4.79 Å². The van der Waals surface area contributed by atoms with E-state index in [1.165, 1.54) is 10.6 Å². The maximum absolute atomic E-state index is 12.1. The smallest absolute Gasteiger partial charge is 0.408 e. The Balaban J connectivity index is 1.62. The van der Waals surface area contributed by atoms with E-state index in [0.717, 1.165) is 19.5 Å². The van der Waals surface area contributed by atoms with Gasteiger partial charge >= 0.3 is 17.6 Å². The summed E-state index contributed by atoms with van der Waals surface area (Å²) in [6, 6.07) is 5.21. The SMILES string of the molecule is CC(C)N1CCC(NC(=O)C(=O)Nc2ccc3c(c2)oc(=O)n3C)C1. The number of nitrogens with zero attached hydrogens (tertiary/aromatic N) is 2. The molecule has 2 amide bonds. The van der Waals surface area contributed by atoms with Gasteiger partial charge in [-0.3, -0.25) is 19.1 Å². The number of rotatable bonds is 3. The Hall–Kier alpha value is -2.61. The lowest BCUT2D eigenvalue weighted by molar-refractivity contribution is -0.136. The van der Waals surface area contributed by atoms with Gasteiger partial charge in [0.25, 0.3) is 0 Å². The fourth-order valence-corrected chi connectivity index (χ4v) is 3.02. The van der Waals surface area contributed by atoms with Crippen LogP contribution >= 0.6 is 0 Å². The molecule has 1 aliphatic rings. The summed E-state index contributed by atoms with van der Waals surface area (Å²) in [6.07, 6.45) is 0.832. The number of likely N-dealkylation sites (tertiary alicyclic amines) is 1. The topological polar surface area (TPSA) is 96.6 Å². The number of carbonyl (C=O) groups excluding carboxylic acids is 2. The van der Waals surface area contributed by atoms with Gasteiger partial charge in [-0.2, -0.15) is 0 Å². The van der Waals surface area contributed by atoms with Gasteiger partial charge in [-0.15, -0.1) is 0 Å². The summed E-state index contributed by atoms with van der Waals surface area (Å²) in [7, 11) is 1.60. The first kappa shape index (κ1) is 17.2. The first-order chi connectivity index (χ1) is 11.8. The largest absolute Gasteiger partial charge is 0.419 e. The number of oxazole rings is 1. The number of nitrogens with one attached hydrogen (secondary N) is 2. The molecule has 0 spiro atoms. The lowest BCUT2D eigenvalue weighted by Crippen LogP contribution is -2.43. The molecule has 1 aromatic carbocycles. The van der Waals surface area contributed by atoms with Crippen LogP contribution in [-0.2, 0) is 16.6 Å². The first-order valence-corrected chi connectivity index (χ1v) is 8.30. The normalized spacial score (nSPS) is 18.0. The van der Waals surface area contributed by atoms with Crippen LogP contribution in [0, 0.1) is 0 Å². The maximum Gasteiger partial charge on any atom is 0.419 e. The summed E-state index contributed by atoms with van der Waals surface area (Å²) >= 11 is 0. The van der Waals surface area contributed by atoms with Gasteiger partial charge in [-0.05, 0) is 32.4 Å². The number of carbonyl (C=O) groups is 2. The van der Waals surface area contributed by atoms with E-state index < -0.39 is 17.6 Å². The third-order valence-electron chi connectivity index (χ3n) is 4.54. The molecule has 134 valence electrons. The van der Waals surface area contributed by atoms with E-state index in [9.17, 15) is 14.4 Å². The molecule has 0 radical (unpaired) electrons. The van der Waals surface area contributed by atoms with Crippen LogP contribution in [0.4, 0.5) is 5.69 Å². The Morgan fingerprint density at radius 1 is 1.28 bits per heavy atom. The van der Waals surface area contributed by atoms with Crippen LogP contribution in [0.25, 0.3) is 11.1 Å². The van der Waals surface area contributed by atoms with Crippen LogP contribution in [0.1, 0.15) is 20.3 Å². The molecule has 1 saturated heterocycles. The zero-order valence-electron chi connectivity index (χ0n) is 14.5. The van der Waals surface area contributed by atoms with Crippen molar-refractivity contribution in [1.82, 2.24) is 14.8 Å². The first-order valence-electron chi connectivity index (χ1n) is 8.30. The molecule has 2 aromatic rings. The van der Waals surface area contributed by atoms with Gasteiger partial charge < -0.3 is 15.1 Å². The Bertz CT molecular complexity index is 867. The minimum Gasteiger partial charge on any atom is -0.408 e. The summed E-state index contributed by atoms with van der Waals surface area (Å²) < 4.78 is 6.44. The van der Waals surface area contributed by atoms with Crippen molar-refractivity contribution >= 4 is 28.6 Å². The molecule has 8 heteroatoms. The number of aromatic nitrogens is 1. The zero-order valence-corrected chi connectivity index (χ0v) is 14.5. The highest BCUT2D eigenvalue weighted by Gasteiger charge is 2.27. The number of aryl methyl sites for hydroxylation is 1. The number of hydrogen-bond acceptors (Lipinski definition) is 5. The highest BCUT2D eigenvalue weighted by molar-refractivity contribution is 6.39. The summed E-state index contributed by atoms with van der Waals surface area (Å²) in [5.74, 6) is -1.88. The van der Waals surface area contributed by atoms with Crippen LogP contribution in [0.5, 0.6) is 0 Å². The summed E-state index contributed by atoms with van der Waals surface area (Å²) in [4.78, 5) is 37.9. The van der Waals surface area contributed by atoms with Crippen molar-refractivity contribution in [2.24, 2.45) is 7.05 Å². The molecule has 0 aliphatic carbocycles. The average molecular weight is 346 g/mol. The minimum absolute atomic E-state index is 0.0183. The Morgan fingerprint density at radius 2 is 2.04 bits per heavy atom. The second-order valence-corrected chi connectivity index (χ2v) is 6.61. The molecular formula is C17H22N4O4. The Kier molecular flexibility index (Phi) is 4.63. The van der Waals surface area contributed by atoms with Gasteiger partial charge in [0.05, 0.1) is 5.52 Å². The molecule has 1 unspecified atom stereocenters. The molecule has 2 N–H and O–H groups in total. The minimum atomic E-state index is -0.736. The van der Waals surface area contributed by atoms with Crippen LogP contribution in [-0.4, -0.2) is 46.5 Å². The van der Waals surface area contributed by atoms with Gasteiger partial charge in [0.2, 0.25) is 0 Å². The quantitative estimate of drug-likeness (QED) is 0.796.